The van der Waals surface area contributed by atoms with Gasteiger partial charge >= 0.3 is 0 Å². The Morgan fingerprint density at radius 3 is 2.35 bits per heavy atom. The zero-order chi connectivity index (χ0) is 14.6. The fourth-order valence-corrected chi connectivity index (χ4v) is 4.60. The van der Waals surface area contributed by atoms with E-state index in [4.69, 9.17) is 0 Å². The molecule has 1 aliphatic rings. The van der Waals surface area contributed by atoms with E-state index in [0.29, 0.717) is 11.4 Å². The van der Waals surface area contributed by atoms with Gasteiger partial charge in [0.2, 0.25) is 10.0 Å². The lowest BCUT2D eigenvalue weighted by molar-refractivity contribution is 0.269. The number of nitrogens with zero attached hydrogens (tertiary/aromatic N) is 1. The average Bonchev–Trinajstić information content (AvgIpc) is 2.46. The van der Waals surface area contributed by atoms with E-state index in [1.165, 1.54) is 6.42 Å². The Balaban J connectivity index is 2.30. The summed E-state index contributed by atoms with van der Waals surface area (Å²) in [5.41, 5.74) is 0. The van der Waals surface area contributed by atoms with Gasteiger partial charge in [-0.1, -0.05) is 41.3 Å². The number of hydrogen-bond acceptors (Lipinski definition) is 2. The van der Waals surface area contributed by atoms with Gasteiger partial charge in [-0.15, -0.1) is 6.58 Å². The minimum Gasteiger partial charge on any atom is -0.207 e. The molecule has 0 aromatic heterocycles. The molecule has 0 amide bonds. The highest BCUT2D eigenvalue weighted by atomic mass is 79.9. The molecule has 0 N–H and O–H groups in total. The summed E-state index contributed by atoms with van der Waals surface area (Å²) < 4.78 is 28.1. The molecule has 2 rings (SSSR count). The SMILES string of the molecule is C=CCN(C1CCCCC1)S(=O)(=O)c1ccc(Br)cc1. The van der Waals surface area contributed by atoms with Crippen molar-refractivity contribution in [3.8, 4) is 0 Å². The molecule has 1 aromatic carbocycles. The fraction of sp³-hybridized carbons (Fsp3) is 0.467. The van der Waals surface area contributed by atoms with Crippen LogP contribution in [0.4, 0.5) is 0 Å². The molecule has 0 saturated heterocycles. The zero-order valence-electron chi connectivity index (χ0n) is 11.5. The second kappa shape index (κ2) is 6.87. The molecule has 0 spiro atoms. The van der Waals surface area contributed by atoms with Gasteiger partial charge in [0, 0.05) is 17.1 Å². The molecule has 1 aliphatic carbocycles. The van der Waals surface area contributed by atoms with E-state index in [0.717, 1.165) is 30.2 Å². The highest BCUT2D eigenvalue weighted by molar-refractivity contribution is 9.10. The maximum atomic E-state index is 12.8. The Labute approximate surface area is 129 Å². The highest BCUT2D eigenvalue weighted by Gasteiger charge is 2.31. The van der Waals surface area contributed by atoms with Crippen LogP contribution in [0.15, 0.2) is 46.3 Å². The molecule has 0 unspecified atom stereocenters. The van der Waals surface area contributed by atoms with Gasteiger partial charge in [0.05, 0.1) is 4.90 Å². The van der Waals surface area contributed by atoms with E-state index in [2.05, 4.69) is 22.5 Å². The van der Waals surface area contributed by atoms with Crippen molar-refractivity contribution in [3.63, 3.8) is 0 Å². The molecular weight excluding hydrogens is 338 g/mol. The summed E-state index contributed by atoms with van der Waals surface area (Å²) in [4.78, 5) is 0.355. The van der Waals surface area contributed by atoms with E-state index in [-0.39, 0.29) is 6.04 Å². The summed E-state index contributed by atoms with van der Waals surface area (Å²) >= 11 is 3.33. The molecule has 1 fully saturated rings. The average molecular weight is 358 g/mol. The first-order chi connectivity index (χ1) is 9.55. The van der Waals surface area contributed by atoms with Crippen molar-refractivity contribution in [1.82, 2.24) is 4.31 Å². The summed E-state index contributed by atoms with van der Waals surface area (Å²) in [6.45, 7) is 4.08. The molecular formula is C15H20BrNO2S. The van der Waals surface area contributed by atoms with Crippen LogP contribution in [0.3, 0.4) is 0 Å². The van der Waals surface area contributed by atoms with Crippen LogP contribution in [-0.2, 0) is 10.0 Å². The van der Waals surface area contributed by atoms with E-state index in [1.54, 1.807) is 34.6 Å². The normalized spacial score (nSPS) is 17.3. The van der Waals surface area contributed by atoms with Gasteiger partial charge in [-0.2, -0.15) is 4.31 Å². The second-order valence-electron chi connectivity index (χ2n) is 5.11. The van der Waals surface area contributed by atoms with E-state index in [9.17, 15) is 8.42 Å². The molecule has 3 nitrogen and oxygen atoms in total. The maximum Gasteiger partial charge on any atom is 0.243 e. The summed E-state index contributed by atoms with van der Waals surface area (Å²) in [6.07, 6.45) is 6.98. The van der Waals surface area contributed by atoms with Gasteiger partial charge in [0.1, 0.15) is 0 Å². The Kier molecular flexibility index (Phi) is 5.41. The lowest BCUT2D eigenvalue weighted by atomic mass is 9.95. The number of halogens is 1. The predicted octanol–water partition coefficient (Wildman–Crippen LogP) is 3.96. The molecule has 5 heteroatoms. The minimum atomic E-state index is -3.44. The van der Waals surface area contributed by atoms with E-state index in [1.807, 2.05) is 0 Å². The lowest BCUT2D eigenvalue weighted by Crippen LogP contribution is -2.41. The summed E-state index contributed by atoms with van der Waals surface area (Å²) in [5.74, 6) is 0. The van der Waals surface area contributed by atoms with Crippen LogP contribution in [-0.4, -0.2) is 25.3 Å². The van der Waals surface area contributed by atoms with Crippen molar-refractivity contribution in [3.05, 3.63) is 41.4 Å². The Bertz CT molecular complexity index is 548. The summed E-state index contributed by atoms with van der Waals surface area (Å²) in [6, 6.07) is 6.94. The van der Waals surface area contributed by atoms with Gasteiger partial charge in [-0.25, -0.2) is 8.42 Å². The minimum absolute atomic E-state index is 0.107. The van der Waals surface area contributed by atoms with E-state index < -0.39 is 10.0 Å². The molecule has 20 heavy (non-hydrogen) atoms. The highest BCUT2D eigenvalue weighted by Crippen LogP contribution is 2.28. The summed E-state index contributed by atoms with van der Waals surface area (Å²) in [7, 11) is -3.44. The first-order valence-electron chi connectivity index (χ1n) is 6.94. The molecule has 0 bridgehead atoms. The standard InChI is InChI=1S/C15H20BrNO2S/c1-2-12-17(14-6-4-3-5-7-14)20(18,19)15-10-8-13(16)9-11-15/h2,8-11,14H,1,3-7,12H2. The molecule has 0 heterocycles. The van der Waals surface area contributed by atoms with Crippen LogP contribution in [0, 0.1) is 0 Å². The zero-order valence-corrected chi connectivity index (χ0v) is 13.9. The van der Waals surface area contributed by atoms with Crippen molar-refractivity contribution in [2.45, 2.75) is 43.0 Å². The number of rotatable bonds is 5. The second-order valence-corrected chi connectivity index (χ2v) is 7.92. The van der Waals surface area contributed by atoms with Gasteiger partial charge in [0.15, 0.2) is 0 Å². The number of sulfonamides is 1. The van der Waals surface area contributed by atoms with Crippen molar-refractivity contribution in [2.24, 2.45) is 0 Å². The monoisotopic (exact) mass is 357 g/mol. The molecule has 1 saturated carbocycles. The van der Waals surface area contributed by atoms with Gasteiger partial charge < -0.3 is 0 Å². The van der Waals surface area contributed by atoms with Crippen molar-refractivity contribution < 1.29 is 8.42 Å². The van der Waals surface area contributed by atoms with Crippen LogP contribution < -0.4 is 0 Å². The first kappa shape index (κ1) is 15.7. The van der Waals surface area contributed by atoms with Crippen LogP contribution in [0.2, 0.25) is 0 Å². The van der Waals surface area contributed by atoms with Gasteiger partial charge in [0.25, 0.3) is 0 Å². The van der Waals surface area contributed by atoms with Gasteiger partial charge in [-0.3, -0.25) is 0 Å². The molecule has 0 aliphatic heterocycles. The van der Waals surface area contributed by atoms with Crippen molar-refractivity contribution >= 4 is 26.0 Å². The fourth-order valence-electron chi connectivity index (χ4n) is 2.68. The van der Waals surface area contributed by atoms with Crippen LogP contribution in [0.5, 0.6) is 0 Å². The van der Waals surface area contributed by atoms with Crippen molar-refractivity contribution in [1.29, 1.82) is 0 Å². The Hall–Kier alpha value is -0.650. The van der Waals surface area contributed by atoms with Crippen LogP contribution in [0.25, 0.3) is 0 Å². The van der Waals surface area contributed by atoms with Crippen molar-refractivity contribution in [2.75, 3.05) is 6.54 Å². The summed E-state index contributed by atoms with van der Waals surface area (Å²) in [5, 5.41) is 0. The lowest BCUT2D eigenvalue weighted by Gasteiger charge is -2.32. The third kappa shape index (κ3) is 3.51. The number of benzene rings is 1. The van der Waals surface area contributed by atoms with Gasteiger partial charge in [-0.05, 0) is 37.1 Å². The smallest absolute Gasteiger partial charge is 0.207 e. The first-order valence-corrected chi connectivity index (χ1v) is 9.17. The molecule has 1 aromatic rings. The maximum absolute atomic E-state index is 12.8. The third-order valence-electron chi connectivity index (χ3n) is 3.71. The van der Waals surface area contributed by atoms with Crippen LogP contribution in [0.1, 0.15) is 32.1 Å². The molecule has 110 valence electrons. The third-order valence-corrected chi connectivity index (χ3v) is 6.17. The van der Waals surface area contributed by atoms with Crippen LogP contribution >= 0.6 is 15.9 Å². The quantitative estimate of drug-likeness (QED) is 0.748. The Morgan fingerprint density at radius 1 is 1.20 bits per heavy atom. The Morgan fingerprint density at radius 2 is 1.80 bits per heavy atom. The molecule has 0 radical (unpaired) electrons. The number of hydrogen-bond donors (Lipinski definition) is 0. The largest absolute Gasteiger partial charge is 0.243 e. The topological polar surface area (TPSA) is 37.4 Å². The molecule has 0 atom stereocenters. The van der Waals surface area contributed by atoms with E-state index >= 15 is 0 Å². The predicted molar refractivity (Wildman–Crippen MR) is 85.1 cm³/mol.